The number of hydrogen-bond donors (Lipinski definition) is 1. The third-order valence-corrected chi connectivity index (χ3v) is 2.29. The summed E-state index contributed by atoms with van der Waals surface area (Å²) in [4.78, 5) is 24.8. The van der Waals surface area contributed by atoms with Crippen molar-refractivity contribution in [3.63, 3.8) is 0 Å². The predicted octanol–water partition coefficient (Wildman–Crippen LogP) is 2.13. The van der Waals surface area contributed by atoms with Gasteiger partial charge in [-0.2, -0.15) is 0 Å². The van der Waals surface area contributed by atoms with Gasteiger partial charge in [-0.25, -0.2) is 9.59 Å². The lowest BCUT2D eigenvalue weighted by Gasteiger charge is -2.02. The van der Waals surface area contributed by atoms with Crippen molar-refractivity contribution < 1.29 is 19.5 Å². The van der Waals surface area contributed by atoms with E-state index >= 15 is 0 Å². The minimum Gasteiger partial charge on any atom is -0.476 e. The largest absolute Gasteiger partial charge is 0.476 e. The summed E-state index contributed by atoms with van der Waals surface area (Å²) in [6.45, 7) is 1.85. The molecule has 0 saturated heterocycles. The number of oxime groups is 1. The molecule has 5 nitrogen and oxygen atoms in total. The second-order valence-electron chi connectivity index (χ2n) is 3.32. The number of nitrogens with zero attached hydrogens (tertiary/aromatic N) is 1. The zero-order valence-electron chi connectivity index (χ0n) is 9.26. The van der Waals surface area contributed by atoms with E-state index in [2.05, 4.69) is 9.99 Å². The fourth-order valence-electron chi connectivity index (χ4n) is 1.06. The Balaban J connectivity index is 2.96. The Morgan fingerprint density at radius 1 is 1.28 bits per heavy atom. The summed E-state index contributed by atoms with van der Waals surface area (Å²) in [6.07, 6.45) is 0. The molecule has 96 valence electrons. The Bertz CT molecular complexity index is 482. The highest BCUT2D eigenvalue weighted by Gasteiger charge is 2.17. The molecule has 18 heavy (non-hydrogen) atoms. The van der Waals surface area contributed by atoms with Crippen LogP contribution in [-0.4, -0.2) is 27.6 Å². The molecule has 0 unspecified atom stereocenters. The molecule has 0 atom stereocenters. The highest BCUT2D eigenvalue weighted by molar-refractivity contribution is 6.53. The van der Waals surface area contributed by atoms with Gasteiger partial charge in [0.25, 0.3) is 0 Å². The first-order chi connectivity index (χ1) is 8.41. The molecule has 1 rings (SSSR count). The van der Waals surface area contributed by atoms with Crippen LogP contribution in [0.1, 0.15) is 11.1 Å². The minimum absolute atomic E-state index is 0.307. The molecule has 0 bridgehead atoms. The maximum absolute atomic E-state index is 11.0. The van der Waals surface area contributed by atoms with E-state index in [1.807, 2.05) is 6.92 Å². The van der Waals surface area contributed by atoms with Crippen molar-refractivity contribution in [3.05, 3.63) is 35.4 Å². The fraction of sp³-hybridized carbons (Fsp3) is 0.182. The Morgan fingerprint density at radius 2 is 1.83 bits per heavy atom. The highest BCUT2D eigenvalue weighted by atomic mass is 35.5. The lowest BCUT2D eigenvalue weighted by atomic mass is 10.1. The van der Waals surface area contributed by atoms with Gasteiger partial charge in [0.2, 0.25) is 4.84 Å². The first-order valence-corrected chi connectivity index (χ1v) is 5.66. The molecule has 0 aliphatic rings. The number of aryl methyl sites for hydroxylation is 1. The Kier molecular flexibility index (Phi) is 5.12. The number of carboxylic acid groups (broad SMARTS) is 1. The summed E-state index contributed by atoms with van der Waals surface area (Å²) in [5.41, 5.74) is 0.862. The number of carboxylic acids is 1. The van der Waals surface area contributed by atoms with E-state index < -0.39 is 22.5 Å². The van der Waals surface area contributed by atoms with Crippen LogP contribution in [0.3, 0.4) is 0 Å². The number of benzene rings is 1. The van der Waals surface area contributed by atoms with Gasteiger partial charge in [-0.3, -0.25) is 0 Å². The van der Waals surface area contributed by atoms with Crippen molar-refractivity contribution in [2.75, 3.05) is 0 Å². The summed E-state index contributed by atoms with van der Waals surface area (Å²) < 4.78 is 0. The minimum atomic E-state index is -1.41. The second-order valence-corrected chi connectivity index (χ2v) is 4.42. The van der Waals surface area contributed by atoms with Gasteiger partial charge in [0.15, 0.2) is 5.71 Å². The van der Waals surface area contributed by atoms with Gasteiger partial charge in [-0.1, -0.05) is 58.2 Å². The maximum Gasteiger partial charge on any atom is 0.367 e. The molecular formula is C11H9Cl2NO4. The molecule has 0 heterocycles. The first-order valence-electron chi connectivity index (χ1n) is 4.79. The van der Waals surface area contributed by atoms with Crippen LogP contribution in [0.15, 0.2) is 29.4 Å². The number of rotatable bonds is 4. The van der Waals surface area contributed by atoms with Gasteiger partial charge in [0.05, 0.1) is 0 Å². The summed E-state index contributed by atoms with van der Waals surface area (Å²) in [5.74, 6) is -2.36. The van der Waals surface area contributed by atoms with Crippen LogP contribution in [0, 0.1) is 6.92 Å². The highest BCUT2D eigenvalue weighted by Crippen LogP contribution is 2.08. The van der Waals surface area contributed by atoms with Gasteiger partial charge in [-0.05, 0) is 6.92 Å². The van der Waals surface area contributed by atoms with Crippen molar-refractivity contribution in [2.45, 2.75) is 11.8 Å². The van der Waals surface area contributed by atoms with E-state index in [1.54, 1.807) is 24.3 Å². The lowest BCUT2D eigenvalue weighted by molar-refractivity contribution is -0.141. The van der Waals surface area contributed by atoms with E-state index in [0.717, 1.165) is 5.56 Å². The van der Waals surface area contributed by atoms with Crippen LogP contribution in [-0.2, 0) is 14.4 Å². The summed E-state index contributed by atoms with van der Waals surface area (Å²) >= 11 is 10.5. The van der Waals surface area contributed by atoms with Crippen molar-refractivity contribution >= 4 is 40.9 Å². The summed E-state index contributed by atoms with van der Waals surface area (Å²) in [5, 5.41) is 12.2. The van der Waals surface area contributed by atoms with Crippen molar-refractivity contribution in [1.82, 2.24) is 0 Å². The average Bonchev–Trinajstić information content (AvgIpc) is 2.30. The van der Waals surface area contributed by atoms with E-state index in [9.17, 15) is 9.59 Å². The van der Waals surface area contributed by atoms with E-state index in [-0.39, 0.29) is 0 Å². The lowest BCUT2D eigenvalue weighted by Crippen LogP contribution is -2.17. The van der Waals surface area contributed by atoms with Crippen LogP contribution in [0.25, 0.3) is 0 Å². The predicted molar refractivity (Wildman–Crippen MR) is 66.9 cm³/mol. The molecule has 0 amide bonds. The summed E-state index contributed by atoms with van der Waals surface area (Å²) in [7, 11) is 0. The Morgan fingerprint density at radius 3 is 2.28 bits per heavy atom. The van der Waals surface area contributed by atoms with Crippen molar-refractivity contribution in [2.24, 2.45) is 5.16 Å². The van der Waals surface area contributed by atoms with Crippen LogP contribution in [0.2, 0.25) is 0 Å². The average molecular weight is 290 g/mol. The maximum atomic E-state index is 11.0. The van der Waals surface area contributed by atoms with E-state index in [0.29, 0.717) is 5.56 Å². The van der Waals surface area contributed by atoms with Gasteiger partial charge in [0.1, 0.15) is 0 Å². The fourth-order valence-corrected chi connectivity index (χ4v) is 1.14. The van der Waals surface area contributed by atoms with Crippen LogP contribution < -0.4 is 0 Å². The normalized spacial score (nSPS) is 11.4. The van der Waals surface area contributed by atoms with Crippen molar-refractivity contribution in [1.29, 1.82) is 0 Å². The quantitative estimate of drug-likeness (QED) is 0.399. The Hall–Kier alpha value is -1.59. The molecule has 0 spiro atoms. The number of halogens is 2. The molecule has 1 N–H and O–H groups in total. The molecule has 7 heteroatoms. The first kappa shape index (κ1) is 14.5. The molecule has 0 fully saturated rings. The zero-order chi connectivity index (χ0) is 13.7. The monoisotopic (exact) mass is 289 g/mol. The SMILES string of the molecule is Cc1ccc(C(=NOC(=O)C(Cl)Cl)C(=O)O)cc1. The Labute approximate surface area is 113 Å². The van der Waals surface area contributed by atoms with Crippen LogP contribution in [0.4, 0.5) is 0 Å². The van der Waals surface area contributed by atoms with E-state index in [1.165, 1.54) is 0 Å². The van der Waals surface area contributed by atoms with Crippen LogP contribution in [0.5, 0.6) is 0 Å². The number of carbonyl (C=O) groups excluding carboxylic acids is 1. The molecule has 0 saturated carbocycles. The molecule has 1 aromatic rings. The zero-order valence-corrected chi connectivity index (χ0v) is 10.8. The number of carbonyl (C=O) groups is 2. The van der Waals surface area contributed by atoms with Gasteiger partial charge in [-0.15, -0.1) is 0 Å². The molecule has 0 aromatic heterocycles. The number of hydrogen-bond acceptors (Lipinski definition) is 4. The smallest absolute Gasteiger partial charge is 0.367 e. The van der Waals surface area contributed by atoms with Crippen LogP contribution >= 0.6 is 23.2 Å². The third kappa shape index (κ3) is 4.01. The second kappa shape index (κ2) is 6.37. The third-order valence-electron chi connectivity index (χ3n) is 1.93. The molecular weight excluding hydrogens is 281 g/mol. The topological polar surface area (TPSA) is 76.0 Å². The van der Waals surface area contributed by atoms with Gasteiger partial charge >= 0.3 is 11.9 Å². The van der Waals surface area contributed by atoms with Gasteiger partial charge in [0, 0.05) is 5.56 Å². The number of alkyl halides is 2. The standard InChI is InChI=1S/C11H9Cl2NO4/c1-6-2-4-7(5-3-6)8(10(15)16)14-18-11(17)9(12)13/h2-5,9H,1H3,(H,15,16). The van der Waals surface area contributed by atoms with Gasteiger partial charge < -0.3 is 9.94 Å². The molecule has 1 aromatic carbocycles. The van der Waals surface area contributed by atoms with E-state index in [4.69, 9.17) is 28.3 Å². The molecule has 0 aliphatic heterocycles. The summed E-state index contributed by atoms with van der Waals surface area (Å²) in [6, 6.07) is 6.52. The molecule has 0 aliphatic carbocycles. The van der Waals surface area contributed by atoms with Crippen molar-refractivity contribution in [3.8, 4) is 0 Å². The number of aliphatic carboxylic acids is 1. The molecule has 0 radical (unpaired) electrons.